The highest BCUT2D eigenvalue weighted by Crippen LogP contribution is 2.38. The number of rotatable bonds is 5. The van der Waals surface area contributed by atoms with Crippen molar-refractivity contribution in [2.45, 2.75) is 38.0 Å². The summed E-state index contributed by atoms with van der Waals surface area (Å²) in [7, 11) is 1.66. The fourth-order valence-corrected chi connectivity index (χ4v) is 3.30. The average molecular weight is 348 g/mol. The van der Waals surface area contributed by atoms with E-state index in [1.807, 2.05) is 12.1 Å². The molecule has 1 saturated carbocycles. The van der Waals surface area contributed by atoms with Crippen LogP contribution >= 0.6 is 27.5 Å². The Morgan fingerprint density at radius 1 is 1.26 bits per heavy atom. The molecule has 0 aromatic heterocycles. The lowest BCUT2D eigenvalue weighted by atomic mass is 9.90. The summed E-state index contributed by atoms with van der Waals surface area (Å²) in [5.74, 6) is 2.69. The Hall–Kier alpha value is -0.410. The van der Waals surface area contributed by atoms with Crippen molar-refractivity contribution >= 4 is 27.5 Å². The van der Waals surface area contributed by atoms with E-state index in [0.717, 1.165) is 28.1 Å². The largest absolute Gasteiger partial charge is 0.493 e. The molecule has 0 atom stereocenters. The van der Waals surface area contributed by atoms with Gasteiger partial charge in [0.2, 0.25) is 0 Å². The smallest absolute Gasteiger partial charge is 0.175 e. The van der Waals surface area contributed by atoms with Gasteiger partial charge in [-0.05, 0) is 52.4 Å². The zero-order valence-corrected chi connectivity index (χ0v) is 13.6. The molecule has 0 N–H and O–H groups in total. The maximum atomic E-state index is 5.98. The van der Waals surface area contributed by atoms with Gasteiger partial charge < -0.3 is 9.47 Å². The van der Waals surface area contributed by atoms with Crippen LogP contribution in [0.3, 0.4) is 0 Å². The van der Waals surface area contributed by atoms with Gasteiger partial charge in [0.1, 0.15) is 0 Å². The van der Waals surface area contributed by atoms with Crippen LogP contribution < -0.4 is 9.47 Å². The second-order valence-electron chi connectivity index (χ2n) is 5.06. The number of ether oxygens (including phenoxy) is 2. The van der Waals surface area contributed by atoms with Crippen molar-refractivity contribution in [2.24, 2.45) is 5.92 Å². The first-order valence-electron chi connectivity index (χ1n) is 6.79. The van der Waals surface area contributed by atoms with Gasteiger partial charge in [-0.1, -0.05) is 19.3 Å². The van der Waals surface area contributed by atoms with Crippen LogP contribution in [0.1, 0.15) is 37.7 Å². The third-order valence-electron chi connectivity index (χ3n) is 3.63. The zero-order valence-electron chi connectivity index (χ0n) is 11.3. The van der Waals surface area contributed by atoms with Gasteiger partial charge in [-0.2, -0.15) is 0 Å². The number of hydrogen-bond acceptors (Lipinski definition) is 2. The lowest BCUT2D eigenvalue weighted by molar-refractivity contribution is 0.201. The molecule has 0 unspecified atom stereocenters. The molecule has 2 rings (SSSR count). The molecular formula is C15H20BrClO2. The van der Waals surface area contributed by atoms with Crippen molar-refractivity contribution in [1.82, 2.24) is 0 Å². The number of hydrogen-bond donors (Lipinski definition) is 0. The molecule has 0 spiro atoms. The summed E-state index contributed by atoms with van der Waals surface area (Å²) in [5.41, 5.74) is 1.02. The Morgan fingerprint density at radius 3 is 2.63 bits per heavy atom. The molecule has 106 valence electrons. The van der Waals surface area contributed by atoms with Crippen LogP contribution in [0.2, 0.25) is 0 Å². The van der Waals surface area contributed by atoms with E-state index in [1.165, 1.54) is 32.1 Å². The Morgan fingerprint density at radius 2 is 2.00 bits per heavy atom. The number of benzene rings is 1. The van der Waals surface area contributed by atoms with Gasteiger partial charge in [0, 0.05) is 5.88 Å². The van der Waals surface area contributed by atoms with Crippen LogP contribution in [0, 0.1) is 5.92 Å². The van der Waals surface area contributed by atoms with Crippen LogP contribution in [0.25, 0.3) is 0 Å². The van der Waals surface area contributed by atoms with Gasteiger partial charge >= 0.3 is 0 Å². The highest BCUT2D eigenvalue weighted by molar-refractivity contribution is 9.10. The van der Waals surface area contributed by atoms with Crippen molar-refractivity contribution < 1.29 is 9.47 Å². The molecule has 4 heteroatoms. The Kier molecular flexibility index (Phi) is 5.83. The predicted octanol–water partition coefficient (Wildman–Crippen LogP) is 5.16. The molecule has 1 aromatic rings. The summed E-state index contributed by atoms with van der Waals surface area (Å²) < 4.78 is 12.3. The minimum absolute atomic E-state index is 0.470. The summed E-state index contributed by atoms with van der Waals surface area (Å²) >= 11 is 9.40. The number of alkyl halides is 1. The first-order valence-corrected chi connectivity index (χ1v) is 8.12. The SMILES string of the molecule is COc1cc(CCl)cc(Br)c1OCC1CCCCC1. The first kappa shape index (κ1) is 15.0. The van der Waals surface area contributed by atoms with E-state index >= 15 is 0 Å². The molecule has 0 radical (unpaired) electrons. The lowest BCUT2D eigenvalue weighted by Gasteiger charge is -2.22. The third-order valence-corrected chi connectivity index (χ3v) is 4.53. The molecule has 0 amide bonds. The molecule has 19 heavy (non-hydrogen) atoms. The molecule has 1 aliphatic rings. The van der Waals surface area contributed by atoms with E-state index in [2.05, 4.69) is 15.9 Å². The second-order valence-corrected chi connectivity index (χ2v) is 6.18. The van der Waals surface area contributed by atoms with Gasteiger partial charge in [0.05, 0.1) is 18.2 Å². The number of halogens is 2. The fraction of sp³-hybridized carbons (Fsp3) is 0.600. The predicted molar refractivity (Wildman–Crippen MR) is 82.3 cm³/mol. The van der Waals surface area contributed by atoms with E-state index < -0.39 is 0 Å². The normalized spacial score (nSPS) is 16.4. The maximum Gasteiger partial charge on any atom is 0.175 e. The summed E-state index contributed by atoms with van der Waals surface area (Å²) in [6, 6.07) is 3.93. The zero-order chi connectivity index (χ0) is 13.7. The van der Waals surface area contributed by atoms with E-state index in [9.17, 15) is 0 Å². The summed E-state index contributed by atoms with van der Waals surface area (Å²) in [5, 5.41) is 0. The van der Waals surface area contributed by atoms with Crippen molar-refractivity contribution in [1.29, 1.82) is 0 Å². The summed E-state index contributed by atoms with van der Waals surface area (Å²) in [6.07, 6.45) is 6.59. The molecule has 0 heterocycles. The van der Waals surface area contributed by atoms with Crippen LogP contribution in [0.4, 0.5) is 0 Å². The minimum Gasteiger partial charge on any atom is -0.493 e. The minimum atomic E-state index is 0.470. The molecule has 0 aliphatic heterocycles. The third kappa shape index (κ3) is 4.03. The van der Waals surface area contributed by atoms with E-state index in [4.69, 9.17) is 21.1 Å². The molecule has 1 fully saturated rings. The number of methoxy groups -OCH3 is 1. The van der Waals surface area contributed by atoms with Crippen LogP contribution in [-0.2, 0) is 5.88 Å². The monoisotopic (exact) mass is 346 g/mol. The Labute approximate surface area is 128 Å². The topological polar surface area (TPSA) is 18.5 Å². The lowest BCUT2D eigenvalue weighted by Crippen LogP contribution is -2.15. The molecule has 2 nitrogen and oxygen atoms in total. The van der Waals surface area contributed by atoms with Crippen LogP contribution in [0.15, 0.2) is 16.6 Å². The first-order chi connectivity index (χ1) is 9.24. The van der Waals surface area contributed by atoms with Crippen molar-refractivity contribution in [3.05, 3.63) is 22.2 Å². The summed E-state index contributed by atoms with van der Waals surface area (Å²) in [6.45, 7) is 0.773. The average Bonchev–Trinajstić information content (AvgIpc) is 2.46. The van der Waals surface area contributed by atoms with Crippen molar-refractivity contribution in [3.63, 3.8) is 0 Å². The molecular weight excluding hydrogens is 328 g/mol. The standard InChI is InChI=1S/C15H20BrClO2/c1-18-14-8-12(9-17)7-13(16)15(14)19-10-11-5-3-2-4-6-11/h7-8,11H,2-6,9-10H2,1H3. The van der Waals surface area contributed by atoms with Crippen molar-refractivity contribution in [2.75, 3.05) is 13.7 Å². The highest BCUT2D eigenvalue weighted by Gasteiger charge is 2.17. The maximum absolute atomic E-state index is 5.98. The fourth-order valence-electron chi connectivity index (χ4n) is 2.55. The Balaban J connectivity index is 2.05. The van der Waals surface area contributed by atoms with Gasteiger partial charge in [-0.3, -0.25) is 0 Å². The van der Waals surface area contributed by atoms with E-state index in [0.29, 0.717) is 11.8 Å². The Bertz CT molecular complexity index is 417. The van der Waals surface area contributed by atoms with Crippen LogP contribution in [-0.4, -0.2) is 13.7 Å². The molecule has 0 saturated heterocycles. The van der Waals surface area contributed by atoms with Crippen molar-refractivity contribution in [3.8, 4) is 11.5 Å². The quantitative estimate of drug-likeness (QED) is 0.685. The van der Waals surface area contributed by atoms with Gasteiger partial charge in [0.25, 0.3) is 0 Å². The molecule has 1 aliphatic carbocycles. The molecule has 1 aromatic carbocycles. The van der Waals surface area contributed by atoms with Gasteiger partial charge in [0.15, 0.2) is 11.5 Å². The highest BCUT2D eigenvalue weighted by atomic mass is 79.9. The van der Waals surface area contributed by atoms with Gasteiger partial charge in [-0.25, -0.2) is 0 Å². The summed E-state index contributed by atoms with van der Waals surface area (Å²) in [4.78, 5) is 0. The second kappa shape index (κ2) is 7.39. The molecule has 0 bridgehead atoms. The van der Waals surface area contributed by atoms with E-state index in [1.54, 1.807) is 7.11 Å². The van der Waals surface area contributed by atoms with Gasteiger partial charge in [-0.15, -0.1) is 11.6 Å². The van der Waals surface area contributed by atoms with Crippen LogP contribution in [0.5, 0.6) is 11.5 Å². The van der Waals surface area contributed by atoms with E-state index in [-0.39, 0.29) is 0 Å².